The number of carbonyl (C=O) groups is 1. The summed E-state index contributed by atoms with van der Waals surface area (Å²) in [6, 6.07) is 11.9. The lowest BCUT2D eigenvalue weighted by atomic mass is 10.1. The Balaban J connectivity index is 0.00000261. The molecule has 8 heteroatoms. The van der Waals surface area contributed by atoms with Crippen molar-refractivity contribution in [2.24, 2.45) is 5.73 Å². The zero-order valence-corrected chi connectivity index (χ0v) is 16.9. The SMILES string of the molecule is Cc1cccc(NS(=O)(=O)c2cc(C(=O)N3CC[C@@H](N)C3)ccc2C)c1.Cl. The number of aryl methyl sites for hydroxylation is 2. The summed E-state index contributed by atoms with van der Waals surface area (Å²) in [7, 11) is -3.80. The van der Waals surface area contributed by atoms with Crippen LogP contribution in [0.4, 0.5) is 5.69 Å². The first-order chi connectivity index (χ1) is 12.3. The second-order valence-corrected chi connectivity index (χ2v) is 8.41. The normalized spacial score (nSPS) is 16.7. The third kappa shape index (κ3) is 4.80. The molecule has 146 valence electrons. The van der Waals surface area contributed by atoms with E-state index in [4.69, 9.17) is 5.73 Å². The average molecular weight is 410 g/mol. The number of rotatable bonds is 4. The predicted octanol–water partition coefficient (Wildman–Crippen LogP) is 2.70. The molecule has 0 aliphatic carbocycles. The molecule has 2 aromatic rings. The minimum atomic E-state index is -3.80. The van der Waals surface area contributed by atoms with E-state index in [-0.39, 0.29) is 29.3 Å². The Hall–Kier alpha value is -2.09. The van der Waals surface area contributed by atoms with Crippen molar-refractivity contribution >= 4 is 34.0 Å². The van der Waals surface area contributed by atoms with E-state index < -0.39 is 10.0 Å². The Morgan fingerprint density at radius 1 is 1.19 bits per heavy atom. The van der Waals surface area contributed by atoms with Crippen molar-refractivity contribution in [3.63, 3.8) is 0 Å². The van der Waals surface area contributed by atoms with Gasteiger partial charge in [-0.2, -0.15) is 0 Å². The number of halogens is 1. The lowest BCUT2D eigenvalue weighted by Crippen LogP contribution is -2.32. The molecule has 0 bridgehead atoms. The Labute approximate surface area is 166 Å². The first-order valence-electron chi connectivity index (χ1n) is 8.51. The molecule has 27 heavy (non-hydrogen) atoms. The largest absolute Gasteiger partial charge is 0.337 e. The standard InChI is InChI=1S/C19H23N3O3S.ClH/c1-13-4-3-5-17(10-13)21-26(24,25)18-11-15(7-6-14(18)2)19(23)22-9-8-16(20)12-22;/h3-7,10-11,16,21H,8-9,12,20H2,1-2H3;1H/t16-;/m1./s1. The molecular weight excluding hydrogens is 386 g/mol. The van der Waals surface area contributed by atoms with Crippen LogP contribution in [0.25, 0.3) is 0 Å². The van der Waals surface area contributed by atoms with Crippen molar-refractivity contribution in [3.8, 4) is 0 Å². The smallest absolute Gasteiger partial charge is 0.262 e. The number of amides is 1. The van der Waals surface area contributed by atoms with Crippen molar-refractivity contribution in [1.82, 2.24) is 4.90 Å². The van der Waals surface area contributed by atoms with Gasteiger partial charge in [-0.05, 0) is 55.7 Å². The van der Waals surface area contributed by atoms with Crippen LogP contribution < -0.4 is 10.5 Å². The van der Waals surface area contributed by atoms with Gasteiger partial charge in [-0.1, -0.05) is 18.2 Å². The van der Waals surface area contributed by atoms with Gasteiger partial charge in [0.2, 0.25) is 0 Å². The number of hydrogen-bond acceptors (Lipinski definition) is 4. The van der Waals surface area contributed by atoms with E-state index in [2.05, 4.69) is 4.72 Å². The summed E-state index contributed by atoms with van der Waals surface area (Å²) < 4.78 is 28.2. The lowest BCUT2D eigenvalue weighted by molar-refractivity contribution is 0.0790. The maximum Gasteiger partial charge on any atom is 0.262 e. The summed E-state index contributed by atoms with van der Waals surface area (Å²) in [6.45, 7) is 4.70. The van der Waals surface area contributed by atoms with E-state index in [0.29, 0.717) is 29.9 Å². The number of nitrogens with one attached hydrogen (secondary N) is 1. The van der Waals surface area contributed by atoms with Crippen LogP contribution in [0.3, 0.4) is 0 Å². The molecule has 1 aliphatic rings. The number of nitrogens with two attached hydrogens (primary N) is 1. The van der Waals surface area contributed by atoms with Crippen LogP contribution in [0.5, 0.6) is 0 Å². The molecular formula is C19H24ClN3O3S. The molecule has 1 amide bonds. The zero-order valence-electron chi connectivity index (χ0n) is 15.3. The summed E-state index contributed by atoms with van der Waals surface area (Å²) in [5, 5.41) is 0. The van der Waals surface area contributed by atoms with Gasteiger partial charge >= 0.3 is 0 Å². The Kier molecular flexibility index (Phi) is 6.51. The number of carbonyl (C=O) groups excluding carboxylic acids is 1. The molecule has 0 unspecified atom stereocenters. The van der Waals surface area contributed by atoms with Gasteiger partial charge < -0.3 is 10.6 Å². The second-order valence-electron chi connectivity index (χ2n) is 6.76. The first-order valence-corrected chi connectivity index (χ1v) is 9.99. The van der Waals surface area contributed by atoms with Gasteiger partial charge in [0.25, 0.3) is 15.9 Å². The van der Waals surface area contributed by atoms with E-state index in [1.165, 1.54) is 6.07 Å². The van der Waals surface area contributed by atoms with Crippen LogP contribution in [0.15, 0.2) is 47.4 Å². The van der Waals surface area contributed by atoms with Crippen LogP contribution in [0, 0.1) is 13.8 Å². The number of likely N-dealkylation sites (tertiary alicyclic amines) is 1. The van der Waals surface area contributed by atoms with Crippen LogP contribution in [-0.4, -0.2) is 38.4 Å². The molecule has 1 saturated heterocycles. The molecule has 3 N–H and O–H groups in total. The molecule has 0 radical (unpaired) electrons. The topological polar surface area (TPSA) is 92.5 Å². The molecule has 1 fully saturated rings. The molecule has 2 aromatic carbocycles. The maximum atomic E-state index is 12.8. The van der Waals surface area contributed by atoms with Crippen LogP contribution in [0.1, 0.15) is 27.9 Å². The minimum Gasteiger partial charge on any atom is -0.337 e. The molecule has 0 aromatic heterocycles. The van der Waals surface area contributed by atoms with Crippen molar-refractivity contribution in [2.45, 2.75) is 31.2 Å². The van der Waals surface area contributed by atoms with E-state index in [1.807, 2.05) is 13.0 Å². The molecule has 0 saturated carbocycles. The summed E-state index contributed by atoms with van der Waals surface area (Å²) in [4.78, 5) is 14.4. The highest BCUT2D eigenvalue weighted by molar-refractivity contribution is 7.92. The fourth-order valence-corrected chi connectivity index (χ4v) is 4.42. The van der Waals surface area contributed by atoms with Crippen LogP contribution in [0.2, 0.25) is 0 Å². The van der Waals surface area contributed by atoms with Gasteiger partial charge in [0, 0.05) is 30.4 Å². The minimum absolute atomic E-state index is 0. The number of hydrogen-bond donors (Lipinski definition) is 2. The van der Waals surface area contributed by atoms with E-state index in [1.54, 1.807) is 42.2 Å². The second kappa shape index (κ2) is 8.29. The average Bonchev–Trinajstić information content (AvgIpc) is 3.00. The number of nitrogens with zero attached hydrogens (tertiary/aromatic N) is 1. The zero-order chi connectivity index (χ0) is 18.9. The molecule has 1 aliphatic heterocycles. The Morgan fingerprint density at radius 2 is 1.93 bits per heavy atom. The van der Waals surface area contributed by atoms with Gasteiger partial charge in [0.1, 0.15) is 0 Å². The maximum absolute atomic E-state index is 12.8. The van der Waals surface area contributed by atoms with Crippen LogP contribution >= 0.6 is 12.4 Å². The Bertz CT molecular complexity index is 947. The van der Waals surface area contributed by atoms with Crippen molar-refractivity contribution in [2.75, 3.05) is 17.8 Å². The molecule has 6 nitrogen and oxygen atoms in total. The van der Waals surface area contributed by atoms with Crippen molar-refractivity contribution < 1.29 is 13.2 Å². The first kappa shape index (κ1) is 21.2. The van der Waals surface area contributed by atoms with Gasteiger partial charge in [-0.25, -0.2) is 8.42 Å². The monoisotopic (exact) mass is 409 g/mol. The highest BCUT2D eigenvalue weighted by Gasteiger charge is 2.26. The molecule has 1 atom stereocenters. The molecule has 3 rings (SSSR count). The van der Waals surface area contributed by atoms with E-state index in [9.17, 15) is 13.2 Å². The number of sulfonamides is 1. The highest BCUT2D eigenvalue weighted by atomic mass is 35.5. The molecule has 1 heterocycles. The quantitative estimate of drug-likeness (QED) is 0.811. The summed E-state index contributed by atoms with van der Waals surface area (Å²) in [5.41, 5.74) is 8.25. The van der Waals surface area contributed by atoms with E-state index in [0.717, 1.165) is 12.0 Å². The summed E-state index contributed by atoms with van der Waals surface area (Å²) in [5.74, 6) is -0.190. The molecule has 0 spiro atoms. The fraction of sp³-hybridized carbons (Fsp3) is 0.316. The highest BCUT2D eigenvalue weighted by Crippen LogP contribution is 2.23. The third-order valence-corrected chi connectivity index (χ3v) is 6.03. The number of benzene rings is 2. The summed E-state index contributed by atoms with van der Waals surface area (Å²) >= 11 is 0. The lowest BCUT2D eigenvalue weighted by Gasteiger charge is -2.17. The number of anilines is 1. The fourth-order valence-electron chi connectivity index (χ4n) is 3.10. The third-order valence-electron chi connectivity index (χ3n) is 4.51. The van der Waals surface area contributed by atoms with Gasteiger partial charge in [0.05, 0.1) is 4.90 Å². The Morgan fingerprint density at radius 3 is 2.56 bits per heavy atom. The van der Waals surface area contributed by atoms with Crippen molar-refractivity contribution in [3.05, 3.63) is 59.2 Å². The van der Waals surface area contributed by atoms with Crippen molar-refractivity contribution in [1.29, 1.82) is 0 Å². The summed E-state index contributed by atoms with van der Waals surface area (Å²) in [6.07, 6.45) is 0.762. The van der Waals surface area contributed by atoms with Gasteiger partial charge in [0.15, 0.2) is 0 Å². The van der Waals surface area contributed by atoms with Gasteiger partial charge in [-0.15, -0.1) is 12.4 Å². The van der Waals surface area contributed by atoms with Gasteiger partial charge in [-0.3, -0.25) is 9.52 Å². The van der Waals surface area contributed by atoms with E-state index >= 15 is 0 Å². The predicted molar refractivity (Wildman–Crippen MR) is 109 cm³/mol. The van der Waals surface area contributed by atoms with Crippen LogP contribution in [-0.2, 0) is 10.0 Å².